The van der Waals surface area contributed by atoms with Crippen molar-refractivity contribution in [1.82, 2.24) is 9.62 Å². The number of piperidine rings is 1. The Morgan fingerprint density at radius 3 is 2.41 bits per heavy atom. The molecule has 0 bridgehead atoms. The van der Waals surface area contributed by atoms with E-state index in [1.54, 1.807) is 35.5 Å². The molecule has 1 N–H and O–H groups in total. The Labute approximate surface area is 190 Å². The third-order valence-electron chi connectivity index (χ3n) is 5.45. The van der Waals surface area contributed by atoms with Gasteiger partial charge in [0.1, 0.15) is 18.1 Å². The van der Waals surface area contributed by atoms with Gasteiger partial charge in [-0.3, -0.25) is 4.79 Å². The van der Waals surface area contributed by atoms with E-state index in [-0.39, 0.29) is 17.4 Å². The standard InChI is InChI=1S/C24H32N2O5S/c1-18-7-12-23(19(2)17-18)31-20(3)24(27)25-13-16-30-21-8-10-22(11-9-21)32(28,29)26-14-5-4-6-15-26/h7-12,17,20H,4-6,13-16H2,1-3H3,(H,25,27). The van der Waals surface area contributed by atoms with Crippen molar-refractivity contribution in [2.75, 3.05) is 26.2 Å². The number of benzene rings is 2. The Kier molecular flexibility index (Phi) is 8.15. The lowest BCUT2D eigenvalue weighted by atomic mass is 10.1. The van der Waals surface area contributed by atoms with Crippen LogP contribution < -0.4 is 14.8 Å². The Hall–Kier alpha value is -2.58. The van der Waals surface area contributed by atoms with E-state index in [2.05, 4.69) is 5.32 Å². The molecule has 0 radical (unpaired) electrons. The number of ether oxygens (including phenoxy) is 2. The minimum atomic E-state index is -3.45. The van der Waals surface area contributed by atoms with E-state index in [0.29, 0.717) is 31.1 Å². The van der Waals surface area contributed by atoms with E-state index in [1.165, 1.54) is 0 Å². The third kappa shape index (κ3) is 6.23. The van der Waals surface area contributed by atoms with Crippen molar-refractivity contribution in [2.45, 2.75) is 51.0 Å². The quantitative estimate of drug-likeness (QED) is 0.580. The monoisotopic (exact) mass is 460 g/mol. The highest BCUT2D eigenvalue weighted by Crippen LogP contribution is 2.23. The smallest absolute Gasteiger partial charge is 0.260 e. The van der Waals surface area contributed by atoms with Gasteiger partial charge in [0.2, 0.25) is 10.0 Å². The van der Waals surface area contributed by atoms with Gasteiger partial charge in [0.25, 0.3) is 5.91 Å². The molecule has 32 heavy (non-hydrogen) atoms. The van der Waals surface area contributed by atoms with Crippen molar-refractivity contribution in [3.8, 4) is 11.5 Å². The molecule has 1 saturated heterocycles. The summed E-state index contributed by atoms with van der Waals surface area (Å²) in [4.78, 5) is 12.6. The minimum Gasteiger partial charge on any atom is -0.492 e. The molecule has 0 spiro atoms. The van der Waals surface area contributed by atoms with Crippen LogP contribution in [0, 0.1) is 13.8 Å². The first-order valence-corrected chi connectivity index (χ1v) is 12.5. The van der Waals surface area contributed by atoms with Gasteiger partial charge in [-0.05, 0) is 69.5 Å². The van der Waals surface area contributed by atoms with Crippen LogP contribution >= 0.6 is 0 Å². The van der Waals surface area contributed by atoms with Crippen LogP contribution in [0.2, 0.25) is 0 Å². The van der Waals surface area contributed by atoms with Crippen molar-refractivity contribution >= 4 is 15.9 Å². The van der Waals surface area contributed by atoms with Gasteiger partial charge in [-0.15, -0.1) is 0 Å². The van der Waals surface area contributed by atoms with Gasteiger partial charge in [-0.25, -0.2) is 8.42 Å². The number of carbonyl (C=O) groups excluding carboxylic acids is 1. The maximum Gasteiger partial charge on any atom is 0.260 e. The Morgan fingerprint density at radius 1 is 1.06 bits per heavy atom. The number of nitrogens with one attached hydrogen (secondary N) is 1. The molecule has 1 atom stereocenters. The Balaban J connectivity index is 1.43. The number of carbonyl (C=O) groups is 1. The normalized spacial score (nSPS) is 15.7. The zero-order valence-electron chi connectivity index (χ0n) is 19.0. The number of nitrogens with zero attached hydrogens (tertiary/aromatic N) is 1. The molecule has 174 valence electrons. The second kappa shape index (κ2) is 10.8. The van der Waals surface area contributed by atoms with Crippen molar-refractivity contribution < 1.29 is 22.7 Å². The predicted octanol–water partition coefficient (Wildman–Crippen LogP) is 3.44. The molecular formula is C24H32N2O5S. The number of hydrogen-bond donors (Lipinski definition) is 1. The lowest BCUT2D eigenvalue weighted by Crippen LogP contribution is -2.38. The first-order valence-electron chi connectivity index (χ1n) is 11.0. The highest BCUT2D eigenvalue weighted by Gasteiger charge is 2.25. The lowest BCUT2D eigenvalue weighted by Gasteiger charge is -2.25. The van der Waals surface area contributed by atoms with Gasteiger partial charge < -0.3 is 14.8 Å². The van der Waals surface area contributed by atoms with Crippen LogP contribution in [0.3, 0.4) is 0 Å². The second-order valence-corrected chi connectivity index (χ2v) is 10.0. The summed E-state index contributed by atoms with van der Waals surface area (Å²) in [6.07, 6.45) is 2.25. The van der Waals surface area contributed by atoms with Crippen molar-refractivity contribution in [1.29, 1.82) is 0 Å². The van der Waals surface area contributed by atoms with Gasteiger partial charge in [0.05, 0.1) is 11.4 Å². The van der Waals surface area contributed by atoms with Gasteiger partial charge in [0.15, 0.2) is 6.10 Å². The molecule has 0 saturated carbocycles. The van der Waals surface area contributed by atoms with Gasteiger partial charge >= 0.3 is 0 Å². The highest BCUT2D eigenvalue weighted by molar-refractivity contribution is 7.89. The van der Waals surface area contributed by atoms with Crippen LogP contribution in [0.4, 0.5) is 0 Å². The molecule has 1 aliphatic heterocycles. The van der Waals surface area contributed by atoms with Crippen LogP contribution in [0.15, 0.2) is 47.4 Å². The van der Waals surface area contributed by atoms with E-state index in [1.807, 2.05) is 32.0 Å². The average molecular weight is 461 g/mol. The van der Waals surface area contributed by atoms with Gasteiger partial charge in [0, 0.05) is 13.1 Å². The largest absolute Gasteiger partial charge is 0.492 e. The molecule has 3 rings (SSSR count). The van der Waals surface area contributed by atoms with Crippen LogP contribution in [0.5, 0.6) is 11.5 Å². The SMILES string of the molecule is Cc1ccc(OC(C)C(=O)NCCOc2ccc(S(=O)(=O)N3CCCCC3)cc2)c(C)c1. The molecule has 1 amide bonds. The van der Waals surface area contributed by atoms with Crippen LogP contribution in [0.25, 0.3) is 0 Å². The third-order valence-corrected chi connectivity index (χ3v) is 7.36. The summed E-state index contributed by atoms with van der Waals surface area (Å²) in [7, 11) is -3.45. The molecule has 0 aromatic heterocycles. The van der Waals surface area contributed by atoms with E-state index in [4.69, 9.17) is 9.47 Å². The van der Waals surface area contributed by atoms with Gasteiger partial charge in [-0.1, -0.05) is 24.1 Å². The van der Waals surface area contributed by atoms with E-state index in [0.717, 1.165) is 30.4 Å². The lowest BCUT2D eigenvalue weighted by molar-refractivity contribution is -0.127. The van der Waals surface area contributed by atoms with E-state index >= 15 is 0 Å². The fourth-order valence-corrected chi connectivity index (χ4v) is 5.14. The summed E-state index contributed by atoms with van der Waals surface area (Å²) in [6, 6.07) is 12.2. The molecule has 7 nitrogen and oxygen atoms in total. The summed E-state index contributed by atoms with van der Waals surface area (Å²) in [5, 5.41) is 2.79. The van der Waals surface area contributed by atoms with Crippen LogP contribution in [0.1, 0.15) is 37.3 Å². The minimum absolute atomic E-state index is 0.225. The molecule has 0 aliphatic carbocycles. The van der Waals surface area contributed by atoms with Crippen LogP contribution in [-0.4, -0.2) is 51.0 Å². The summed E-state index contributed by atoms with van der Waals surface area (Å²) in [6.45, 7) is 7.39. The second-order valence-electron chi connectivity index (χ2n) is 8.10. The van der Waals surface area contributed by atoms with Gasteiger partial charge in [-0.2, -0.15) is 4.31 Å². The maximum atomic E-state index is 12.7. The highest BCUT2D eigenvalue weighted by atomic mass is 32.2. The van der Waals surface area contributed by atoms with Crippen LogP contribution in [-0.2, 0) is 14.8 Å². The number of rotatable bonds is 9. The molecule has 1 heterocycles. The van der Waals surface area contributed by atoms with Crippen molar-refractivity contribution in [3.63, 3.8) is 0 Å². The number of amides is 1. The number of aryl methyl sites for hydroxylation is 2. The summed E-state index contributed by atoms with van der Waals surface area (Å²) in [5.74, 6) is 1.02. The fraction of sp³-hybridized carbons (Fsp3) is 0.458. The number of hydrogen-bond acceptors (Lipinski definition) is 5. The molecule has 1 fully saturated rings. The molecule has 2 aromatic carbocycles. The summed E-state index contributed by atoms with van der Waals surface area (Å²) >= 11 is 0. The number of sulfonamides is 1. The first-order chi connectivity index (χ1) is 15.3. The fourth-order valence-electron chi connectivity index (χ4n) is 3.62. The maximum absolute atomic E-state index is 12.7. The zero-order chi connectivity index (χ0) is 23.1. The molecule has 2 aromatic rings. The first kappa shape index (κ1) is 24.1. The molecular weight excluding hydrogens is 428 g/mol. The van der Waals surface area contributed by atoms with Crippen molar-refractivity contribution in [2.24, 2.45) is 0 Å². The summed E-state index contributed by atoms with van der Waals surface area (Å²) in [5.41, 5.74) is 2.12. The topological polar surface area (TPSA) is 84.9 Å². The van der Waals surface area contributed by atoms with E-state index in [9.17, 15) is 13.2 Å². The average Bonchev–Trinajstić information content (AvgIpc) is 2.79. The molecule has 1 aliphatic rings. The predicted molar refractivity (Wildman–Crippen MR) is 124 cm³/mol. The van der Waals surface area contributed by atoms with E-state index < -0.39 is 16.1 Å². The summed E-state index contributed by atoms with van der Waals surface area (Å²) < 4.78 is 38.3. The Bertz CT molecular complexity index is 1020. The van der Waals surface area contributed by atoms with Crippen molar-refractivity contribution in [3.05, 3.63) is 53.6 Å². The molecule has 8 heteroatoms. The molecule has 1 unspecified atom stereocenters. The Morgan fingerprint density at radius 2 is 1.75 bits per heavy atom. The zero-order valence-corrected chi connectivity index (χ0v) is 19.8.